The SMILES string of the molecule is CC(CO)Oc1ccccc1.CC(Oc1ccccc1)C(=O)N(C)c1ccccc1.CNc1ccccc1. The lowest BCUT2D eigenvalue weighted by molar-refractivity contribution is -0.124. The number of aliphatic hydroxyl groups excluding tert-OH is 1. The number of carbonyl (C=O) groups excluding carboxylic acids is 1. The average molecular weight is 515 g/mol. The normalized spacial score (nSPS) is 11.3. The van der Waals surface area contributed by atoms with Crippen molar-refractivity contribution in [3.63, 3.8) is 0 Å². The highest BCUT2D eigenvalue weighted by atomic mass is 16.5. The fraction of sp³-hybridized carbons (Fsp3) is 0.219. The van der Waals surface area contributed by atoms with Gasteiger partial charge in [0.1, 0.15) is 17.6 Å². The van der Waals surface area contributed by atoms with Crippen molar-refractivity contribution in [2.45, 2.75) is 26.1 Å². The minimum absolute atomic E-state index is 0.0505. The number of likely N-dealkylation sites (N-methyl/N-ethyl adjacent to an activating group) is 1. The van der Waals surface area contributed by atoms with Crippen molar-refractivity contribution in [1.82, 2.24) is 0 Å². The third-order valence-electron chi connectivity index (χ3n) is 5.28. The number of nitrogens with one attached hydrogen (secondary N) is 1. The molecule has 4 aromatic rings. The Morgan fingerprint density at radius 1 is 0.737 bits per heavy atom. The number of hydrogen-bond donors (Lipinski definition) is 2. The molecule has 0 aliphatic heterocycles. The van der Waals surface area contributed by atoms with Crippen molar-refractivity contribution >= 4 is 17.3 Å². The van der Waals surface area contributed by atoms with Gasteiger partial charge in [-0.15, -0.1) is 0 Å². The first kappa shape index (κ1) is 29.9. The Kier molecular flexibility index (Phi) is 13.6. The van der Waals surface area contributed by atoms with Crippen molar-refractivity contribution in [2.75, 3.05) is 30.9 Å². The third-order valence-corrected chi connectivity index (χ3v) is 5.28. The van der Waals surface area contributed by atoms with Crippen LogP contribution in [0.1, 0.15) is 13.8 Å². The van der Waals surface area contributed by atoms with E-state index in [-0.39, 0.29) is 18.6 Å². The van der Waals surface area contributed by atoms with E-state index in [9.17, 15) is 4.79 Å². The summed E-state index contributed by atoms with van der Waals surface area (Å²) >= 11 is 0. The number of rotatable bonds is 8. The van der Waals surface area contributed by atoms with Crippen LogP contribution in [0, 0.1) is 0 Å². The van der Waals surface area contributed by atoms with E-state index in [2.05, 4.69) is 5.32 Å². The molecule has 0 bridgehead atoms. The molecule has 4 rings (SSSR count). The maximum absolute atomic E-state index is 12.2. The average Bonchev–Trinajstić information content (AvgIpc) is 2.99. The molecule has 1 amide bonds. The summed E-state index contributed by atoms with van der Waals surface area (Å²) in [4.78, 5) is 13.9. The molecule has 2 unspecified atom stereocenters. The summed E-state index contributed by atoms with van der Waals surface area (Å²) in [5.74, 6) is 1.42. The molecule has 0 saturated heterocycles. The number of para-hydroxylation sites is 4. The molecule has 6 nitrogen and oxygen atoms in total. The van der Waals surface area contributed by atoms with E-state index in [1.54, 1.807) is 18.9 Å². The van der Waals surface area contributed by atoms with Gasteiger partial charge in [-0.1, -0.05) is 72.8 Å². The molecule has 38 heavy (non-hydrogen) atoms. The summed E-state index contributed by atoms with van der Waals surface area (Å²) < 4.78 is 10.9. The molecule has 200 valence electrons. The summed E-state index contributed by atoms with van der Waals surface area (Å²) in [6.07, 6.45) is -0.648. The molecular weight excluding hydrogens is 476 g/mol. The number of benzene rings is 4. The van der Waals surface area contributed by atoms with E-state index in [1.807, 2.05) is 135 Å². The van der Waals surface area contributed by atoms with E-state index >= 15 is 0 Å². The molecule has 0 heterocycles. The lowest BCUT2D eigenvalue weighted by Gasteiger charge is -2.22. The molecular formula is C32H38N2O4. The highest BCUT2D eigenvalue weighted by Gasteiger charge is 2.20. The topological polar surface area (TPSA) is 71.0 Å². The second-order valence-corrected chi connectivity index (χ2v) is 8.35. The van der Waals surface area contributed by atoms with Gasteiger partial charge in [-0.05, 0) is 62.4 Å². The first-order valence-electron chi connectivity index (χ1n) is 12.5. The summed E-state index contributed by atoms with van der Waals surface area (Å²) in [7, 11) is 3.66. The fourth-order valence-corrected chi connectivity index (χ4v) is 3.18. The number of anilines is 2. The van der Waals surface area contributed by atoms with Crippen LogP contribution in [0.25, 0.3) is 0 Å². The Morgan fingerprint density at radius 3 is 1.58 bits per heavy atom. The first-order valence-corrected chi connectivity index (χ1v) is 12.5. The zero-order valence-electron chi connectivity index (χ0n) is 22.5. The summed E-state index contributed by atoms with van der Waals surface area (Å²) in [5.41, 5.74) is 2.02. The van der Waals surface area contributed by atoms with E-state index < -0.39 is 6.10 Å². The monoisotopic (exact) mass is 514 g/mol. The molecule has 0 spiro atoms. The minimum Gasteiger partial charge on any atom is -0.488 e. The number of hydrogen-bond acceptors (Lipinski definition) is 5. The van der Waals surface area contributed by atoms with Crippen molar-refractivity contribution in [2.24, 2.45) is 0 Å². The number of carbonyl (C=O) groups is 1. The Morgan fingerprint density at radius 2 is 1.16 bits per heavy atom. The van der Waals surface area contributed by atoms with Crippen LogP contribution in [0.2, 0.25) is 0 Å². The van der Waals surface area contributed by atoms with Gasteiger partial charge in [0.15, 0.2) is 6.10 Å². The van der Waals surface area contributed by atoms with Gasteiger partial charge in [-0.2, -0.15) is 0 Å². The Bertz CT molecular complexity index is 1140. The van der Waals surface area contributed by atoms with Crippen molar-refractivity contribution in [1.29, 1.82) is 0 Å². The maximum atomic E-state index is 12.2. The van der Waals surface area contributed by atoms with Gasteiger partial charge in [-0.25, -0.2) is 0 Å². The van der Waals surface area contributed by atoms with Crippen LogP contribution >= 0.6 is 0 Å². The molecule has 0 aliphatic rings. The van der Waals surface area contributed by atoms with Crippen LogP contribution < -0.4 is 19.7 Å². The first-order chi connectivity index (χ1) is 18.4. The van der Waals surface area contributed by atoms with Crippen LogP contribution in [0.5, 0.6) is 11.5 Å². The molecule has 0 saturated carbocycles. The van der Waals surface area contributed by atoms with Crippen LogP contribution in [0.15, 0.2) is 121 Å². The molecule has 2 atom stereocenters. The number of ether oxygens (including phenoxy) is 2. The molecule has 0 radical (unpaired) electrons. The van der Waals surface area contributed by atoms with Crippen LogP contribution in [-0.4, -0.2) is 43.9 Å². The zero-order chi connectivity index (χ0) is 27.6. The van der Waals surface area contributed by atoms with Gasteiger partial charge < -0.3 is 24.8 Å². The number of nitrogens with zero attached hydrogens (tertiary/aromatic N) is 1. The Labute approximate surface area is 226 Å². The molecule has 6 heteroatoms. The summed E-state index contributed by atoms with van der Waals surface area (Å²) in [6.45, 7) is 3.64. The van der Waals surface area contributed by atoms with Crippen LogP contribution in [-0.2, 0) is 4.79 Å². The highest BCUT2D eigenvalue weighted by molar-refractivity contribution is 5.95. The van der Waals surface area contributed by atoms with E-state index in [0.29, 0.717) is 5.75 Å². The van der Waals surface area contributed by atoms with Gasteiger partial charge in [0, 0.05) is 25.5 Å². The lowest BCUT2D eigenvalue weighted by Crippen LogP contribution is -2.37. The molecule has 0 aliphatic carbocycles. The highest BCUT2D eigenvalue weighted by Crippen LogP contribution is 2.16. The minimum atomic E-state index is -0.521. The smallest absolute Gasteiger partial charge is 0.267 e. The Hall–Kier alpha value is -4.29. The lowest BCUT2D eigenvalue weighted by atomic mass is 10.2. The van der Waals surface area contributed by atoms with Crippen LogP contribution in [0.4, 0.5) is 11.4 Å². The zero-order valence-corrected chi connectivity index (χ0v) is 22.5. The van der Waals surface area contributed by atoms with Crippen LogP contribution in [0.3, 0.4) is 0 Å². The van der Waals surface area contributed by atoms with E-state index in [0.717, 1.165) is 17.1 Å². The largest absolute Gasteiger partial charge is 0.488 e. The quantitative estimate of drug-likeness (QED) is 0.289. The standard InChI is InChI=1S/C16H17NO2.C9H12O2.C7H9N/c1-13(19-15-11-7-4-8-12-15)16(18)17(2)14-9-5-3-6-10-14;1-8(7-10)11-9-5-3-2-4-6-9;1-8-7-5-3-2-4-6-7/h3-13H,1-2H3;2-6,8,10H,7H2,1H3;2-6,8H,1H3. The van der Waals surface area contributed by atoms with E-state index in [1.165, 1.54) is 0 Å². The van der Waals surface area contributed by atoms with Gasteiger partial charge in [0.25, 0.3) is 5.91 Å². The maximum Gasteiger partial charge on any atom is 0.267 e. The summed E-state index contributed by atoms with van der Waals surface area (Å²) in [5, 5.41) is 11.7. The fourth-order valence-electron chi connectivity index (χ4n) is 3.18. The van der Waals surface area contributed by atoms with Crippen molar-refractivity contribution < 1.29 is 19.4 Å². The molecule has 4 aromatic carbocycles. The summed E-state index contributed by atoms with van der Waals surface area (Å²) in [6, 6.07) is 38.4. The predicted octanol–water partition coefficient (Wildman–Crippen LogP) is 6.29. The van der Waals surface area contributed by atoms with Gasteiger partial charge in [0.05, 0.1) is 6.61 Å². The van der Waals surface area contributed by atoms with Gasteiger partial charge >= 0.3 is 0 Å². The van der Waals surface area contributed by atoms with E-state index in [4.69, 9.17) is 14.6 Å². The second kappa shape index (κ2) is 17.2. The molecule has 2 N–H and O–H groups in total. The predicted molar refractivity (Wildman–Crippen MR) is 156 cm³/mol. The molecule has 0 aromatic heterocycles. The second-order valence-electron chi connectivity index (χ2n) is 8.35. The Balaban J connectivity index is 0.000000224. The number of amides is 1. The number of aliphatic hydroxyl groups is 1. The van der Waals surface area contributed by atoms with Crippen molar-refractivity contribution in [3.05, 3.63) is 121 Å². The van der Waals surface area contributed by atoms with Gasteiger partial charge in [-0.3, -0.25) is 4.79 Å². The van der Waals surface area contributed by atoms with Crippen molar-refractivity contribution in [3.8, 4) is 11.5 Å². The molecule has 0 fully saturated rings. The third kappa shape index (κ3) is 11.2. The van der Waals surface area contributed by atoms with Gasteiger partial charge in [0.2, 0.25) is 0 Å².